The molecule has 0 aliphatic rings. The third-order valence-corrected chi connectivity index (χ3v) is 5.93. The van der Waals surface area contributed by atoms with Gasteiger partial charge in [0.15, 0.2) is 11.5 Å². The van der Waals surface area contributed by atoms with Crippen LogP contribution in [0, 0.1) is 0 Å². The van der Waals surface area contributed by atoms with Crippen molar-refractivity contribution < 1.29 is 19.1 Å². The van der Waals surface area contributed by atoms with Gasteiger partial charge in [0.1, 0.15) is 11.3 Å². The highest BCUT2D eigenvalue weighted by molar-refractivity contribution is 6.09. The average molecular weight is 474 g/mol. The number of phenols is 1. The summed E-state index contributed by atoms with van der Waals surface area (Å²) < 4.78 is 5.79. The SMILES string of the molecule is Nc1cccc(C(=O)/C=C/c2cc(Cc3ccc4oc(C(=O)c5ccccc5)cc4c3)ccc2O)c1. The Hall–Kier alpha value is -4.90. The lowest BCUT2D eigenvalue weighted by Crippen LogP contribution is -1.98. The lowest BCUT2D eigenvalue weighted by atomic mass is 10.0. The smallest absolute Gasteiger partial charge is 0.228 e. The number of phenolic OH excluding ortho intramolecular Hbond substituents is 1. The Morgan fingerprint density at radius 1 is 0.806 bits per heavy atom. The number of aromatic hydroxyl groups is 1. The molecule has 0 bridgehead atoms. The van der Waals surface area contributed by atoms with Crippen molar-refractivity contribution in [2.24, 2.45) is 0 Å². The lowest BCUT2D eigenvalue weighted by Gasteiger charge is -2.06. The number of fused-ring (bicyclic) bond motifs is 1. The van der Waals surface area contributed by atoms with E-state index in [0.717, 1.165) is 16.5 Å². The van der Waals surface area contributed by atoms with Crippen LogP contribution in [0.2, 0.25) is 0 Å². The van der Waals surface area contributed by atoms with Crippen molar-refractivity contribution in [3.8, 4) is 5.75 Å². The van der Waals surface area contributed by atoms with Crippen LogP contribution >= 0.6 is 0 Å². The van der Waals surface area contributed by atoms with Crippen molar-refractivity contribution in [1.29, 1.82) is 0 Å². The fourth-order valence-corrected chi connectivity index (χ4v) is 4.08. The Morgan fingerprint density at radius 2 is 1.56 bits per heavy atom. The number of furan rings is 1. The van der Waals surface area contributed by atoms with Gasteiger partial charge >= 0.3 is 0 Å². The summed E-state index contributed by atoms with van der Waals surface area (Å²) in [5.41, 5.74) is 10.5. The molecule has 36 heavy (non-hydrogen) atoms. The first-order valence-corrected chi connectivity index (χ1v) is 11.5. The molecule has 5 aromatic rings. The first-order valence-electron chi connectivity index (χ1n) is 11.5. The molecule has 1 heterocycles. The molecule has 176 valence electrons. The maximum atomic E-state index is 12.7. The summed E-state index contributed by atoms with van der Waals surface area (Å²) >= 11 is 0. The Balaban J connectivity index is 1.35. The fraction of sp³-hybridized carbons (Fsp3) is 0.0323. The van der Waals surface area contributed by atoms with Crippen molar-refractivity contribution >= 4 is 34.3 Å². The first kappa shape index (κ1) is 22.9. The maximum absolute atomic E-state index is 12.7. The Bertz CT molecular complexity index is 1610. The van der Waals surface area contributed by atoms with Gasteiger partial charge in [-0.3, -0.25) is 9.59 Å². The average Bonchev–Trinajstić information content (AvgIpc) is 3.32. The van der Waals surface area contributed by atoms with Crippen molar-refractivity contribution in [1.82, 2.24) is 0 Å². The molecule has 1 aromatic heterocycles. The molecule has 0 saturated carbocycles. The van der Waals surface area contributed by atoms with Crippen LogP contribution in [0.1, 0.15) is 43.2 Å². The molecular formula is C31H23NO4. The van der Waals surface area contributed by atoms with Crippen molar-refractivity contribution in [2.75, 3.05) is 5.73 Å². The van der Waals surface area contributed by atoms with Crippen molar-refractivity contribution in [2.45, 2.75) is 6.42 Å². The number of hydrogen-bond acceptors (Lipinski definition) is 5. The number of allylic oxidation sites excluding steroid dienone is 1. The molecule has 0 radical (unpaired) electrons. The van der Waals surface area contributed by atoms with Gasteiger partial charge < -0.3 is 15.3 Å². The summed E-state index contributed by atoms with van der Waals surface area (Å²) in [5, 5.41) is 11.1. The molecular weight excluding hydrogens is 450 g/mol. The van der Waals surface area contributed by atoms with Crippen LogP contribution in [0.5, 0.6) is 5.75 Å². The van der Waals surface area contributed by atoms with E-state index in [2.05, 4.69) is 0 Å². The van der Waals surface area contributed by atoms with Gasteiger partial charge in [0.25, 0.3) is 0 Å². The molecule has 0 aliphatic carbocycles. The molecule has 5 nitrogen and oxygen atoms in total. The Morgan fingerprint density at radius 3 is 2.36 bits per heavy atom. The molecule has 0 aliphatic heterocycles. The molecule has 4 aromatic carbocycles. The second kappa shape index (κ2) is 9.76. The third-order valence-electron chi connectivity index (χ3n) is 5.93. The summed E-state index contributed by atoms with van der Waals surface area (Å²) in [4.78, 5) is 25.2. The van der Waals surface area contributed by atoms with Crippen LogP contribution in [0.4, 0.5) is 5.69 Å². The highest BCUT2D eigenvalue weighted by Crippen LogP contribution is 2.26. The molecule has 0 fully saturated rings. The van der Waals surface area contributed by atoms with E-state index in [4.69, 9.17) is 10.2 Å². The summed E-state index contributed by atoms with van der Waals surface area (Å²) in [7, 11) is 0. The van der Waals surface area contributed by atoms with Crippen LogP contribution in [0.25, 0.3) is 17.0 Å². The van der Waals surface area contributed by atoms with Gasteiger partial charge in [-0.15, -0.1) is 0 Å². The fourth-order valence-electron chi connectivity index (χ4n) is 4.08. The van der Waals surface area contributed by atoms with E-state index in [1.165, 1.54) is 6.08 Å². The number of ketones is 2. The van der Waals surface area contributed by atoms with Gasteiger partial charge in [-0.2, -0.15) is 0 Å². The van der Waals surface area contributed by atoms with Gasteiger partial charge in [-0.25, -0.2) is 0 Å². The van der Waals surface area contributed by atoms with Crippen molar-refractivity contribution in [3.05, 3.63) is 137 Å². The number of benzene rings is 4. The Labute approximate surface area is 208 Å². The molecule has 5 rings (SSSR count). The topological polar surface area (TPSA) is 93.5 Å². The molecule has 5 heteroatoms. The zero-order chi connectivity index (χ0) is 25.1. The van der Waals surface area contributed by atoms with Gasteiger partial charge in [0.2, 0.25) is 5.78 Å². The zero-order valence-electron chi connectivity index (χ0n) is 19.3. The second-order valence-electron chi connectivity index (χ2n) is 8.57. The normalized spacial score (nSPS) is 11.2. The quantitative estimate of drug-likeness (QED) is 0.161. The maximum Gasteiger partial charge on any atom is 0.228 e. The third kappa shape index (κ3) is 4.95. The molecule has 0 atom stereocenters. The molecule has 0 saturated heterocycles. The summed E-state index contributed by atoms with van der Waals surface area (Å²) in [6, 6.07) is 28.7. The number of hydrogen-bond donors (Lipinski definition) is 2. The van der Waals surface area contributed by atoms with Crippen LogP contribution in [-0.2, 0) is 6.42 Å². The lowest BCUT2D eigenvalue weighted by molar-refractivity contribution is 0.101. The van der Waals surface area contributed by atoms with Gasteiger partial charge in [0, 0.05) is 27.8 Å². The zero-order valence-corrected chi connectivity index (χ0v) is 19.3. The predicted molar refractivity (Wildman–Crippen MR) is 141 cm³/mol. The number of carbonyl (C=O) groups excluding carboxylic acids is 2. The summed E-state index contributed by atoms with van der Waals surface area (Å²) in [6.45, 7) is 0. The van der Waals surface area contributed by atoms with E-state index in [-0.39, 0.29) is 17.3 Å². The number of nitrogens with two attached hydrogens (primary N) is 1. The highest BCUT2D eigenvalue weighted by Gasteiger charge is 2.15. The second-order valence-corrected chi connectivity index (χ2v) is 8.57. The summed E-state index contributed by atoms with van der Waals surface area (Å²) in [5.74, 6) is 0.0365. The number of rotatable bonds is 7. The minimum absolute atomic E-state index is 0.0877. The van der Waals surface area contributed by atoms with Crippen molar-refractivity contribution in [3.63, 3.8) is 0 Å². The van der Waals surface area contributed by atoms with Gasteiger partial charge in [-0.05, 0) is 72.2 Å². The van der Waals surface area contributed by atoms with E-state index < -0.39 is 0 Å². The standard InChI is InChI=1S/C31H23NO4/c32-26-8-4-7-23(18-26)28(34)13-11-24-16-20(9-12-27(24)33)15-21-10-14-29-25(17-21)19-30(36-29)31(35)22-5-2-1-3-6-22/h1-14,16-19,33H,15,32H2/b13-11+. The van der Waals surface area contributed by atoms with E-state index in [1.54, 1.807) is 54.6 Å². The van der Waals surface area contributed by atoms with E-state index in [1.807, 2.05) is 48.5 Å². The van der Waals surface area contributed by atoms with Crippen LogP contribution in [0.15, 0.2) is 108 Å². The monoisotopic (exact) mass is 473 g/mol. The van der Waals surface area contributed by atoms with E-state index in [9.17, 15) is 14.7 Å². The van der Waals surface area contributed by atoms with E-state index in [0.29, 0.717) is 40.1 Å². The summed E-state index contributed by atoms with van der Waals surface area (Å²) in [6.07, 6.45) is 3.63. The number of carbonyl (C=O) groups is 2. The van der Waals surface area contributed by atoms with E-state index >= 15 is 0 Å². The minimum Gasteiger partial charge on any atom is -0.507 e. The molecule has 0 amide bonds. The number of nitrogen functional groups attached to an aromatic ring is 1. The highest BCUT2D eigenvalue weighted by atomic mass is 16.3. The van der Waals surface area contributed by atoms with Gasteiger partial charge in [0.05, 0.1) is 0 Å². The van der Waals surface area contributed by atoms with Crippen LogP contribution in [0.3, 0.4) is 0 Å². The molecule has 3 N–H and O–H groups in total. The minimum atomic E-state index is -0.196. The van der Waals surface area contributed by atoms with Crippen LogP contribution in [-0.4, -0.2) is 16.7 Å². The van der Waals surface area contributed by atoms with Crippen LogP contribution < -0.4 is 5.73 Å². The predicted octanol–water partition coefficient (Wildman–Crippen LogP) is 6.44. The Kier molecular flexibility index (Phi) is 6.20. The number of anilines is 1. The molecule has 0 unspecified atom stereocenters. The first-order chi connectivity index (χ1) is 17.5. The van der Waals surface area contributed by atoms with Gasteiger partial charge in [-0.1, -0.05) is 54.6 Å². The molecule has 0 spiro atoms. The largest absolute Gasteiger partial charge is 0.507 e.